The zero-order valence-electron chi connectivity index (χ0n) is 13.6. The van der Waals surface area contributed by atoms with Crippen LogP contribution in [-0.4, -0.2) is 99.5 Å². The lowest BCUT2D eigenvalue weighted by molar-refractivity contribution is -0.909. The Balaban J connectivity index is -0.00000144. The molecule has 7 heteroatoms. The van der Waals surface area contributed by atoms with E-state index in [-0.39, 0.29) is 43.6 Å². The first-order chi connectivity index (χ1) is 8.06. The molecule has 0 saturated carbocycles. The van der Waals surface area contributed by atoms with Crippen molar-refractivity contribution in [2.45, 2.75) is 19.1 Å². The van der Waals surface area contributed by atoms with E-state index in [0.29, 0.717) is 17.6 Å². The van der Waals surface area contributed by atoms with Crippen LogP contribution in [0.4, 0.5) is 0 Å². The van der Waals surface area contributed by atoms with Gasteiger partial charge in [0.2, 0.25) is 0 Å². The van der Waals surface area contributed by atoms with Crippen molar-refractivity contribution in [2.75, 3.05) is 68.1 Å². The molecule has 0 amide bonds. The smallest absolute Gasteiger partial charge is 0.152 e. The minimum absolute atomic E-state index is 0. The standard InChI is InChI=1S/C13H32N2O3.2ClH/c1-12(18-8-7-16)9-15(5,6)11-13(17)10-14(2,3)4;;/h12-13,16-17H,7-11H2,1-6H3;2*1H/q+2;;/p-2. The van der Waals surface area contributed by atoms with Gasteiger partial charge in [0.15, 0.2) is 6.10 Å². The fraction of sp³-hybridized carbons (Fsp3) is 1.00. The fourth-order valence-corrected chi connectivity index (χ4v) is 2.34. The molecule has 0 aromatic rings. The zero-order valence-corrected chi connectivity index (χ0v) is 15.2. The summed E-state index contributed by atoms with van der Waals surface area (Å²) in [5, 5.41) is 18.8. The first-order valence-corrected chi connectivity index (χ1v) is 6.59. The number of hydrogen-bond donors (Lipinski definition) is 2. The third kappa shape index (κ3) is 14.8. The van der Waals surface area contributed by atoms with Crippen molar-refractivity contribution in [1.29, 1.82) is 0 Å². The van der Waals surface area contributed by atoms with Gasteiger partial charge in [-0.1, -0.05) is 0 Å². The van der Waals surface area contributed by atoms with Crippen LogP contribution >= 0.6 is 0 Å². The van der Waals surface area contributed by atoms with E-state index >= 15 is 0 Å². The van der Waals surface area contributed by atoms with Crippen molar-refractivity contribution in [1.82, 2.24) is 0 Å². The van der Waals surface area contributed by atoms with E-state index in [1.807, 2.05) is 6.92 Å². The van der Waals surface area contributed by atoms with E-state index in [0.717, 1.165) is 17.6 Å². The van der Waals surface area contributed by atoms with Crippen LogP contribution in [0.15, 0.2) is 0 Å². The molecule has 0 bridgehead atoms. The Morgan fingerprint density at radius 3 is 1.85 bits per heavy atom. The van der Waals surface area contributed by atoms with Gasteiger partial charge in [-0.05, 0) is 6.92 Å². The van der Waals surface area contributed by atoms with Crippen LogP contribution in [0.25, 0.3) is 0 Å². The highest BCUT2D eigenvalue weighted by Gasteiger charge is 2.26. The second-order valence-corrected chi connectivity index (χ2v) is 6.83. The highest BCUT2D eigenvalue weighted by Crippen LogP contribution is 2.06. The number of aliphatic hydroxyl groups is 2. The van der Waals surface area contributed by atoms with Crippen LogP contribution in [0, 0.1) is 0 Å². The van der Waals surface area contributed by atoms with Crippen LogP contribution in [0.1, 0.15) is 6.92 Å². The number of rotatable bonds is 9. The number of halogens is 2. The summed E-state index contributed by atoms with van der Waals surface area (Å²) >= 11 is 0. The molecule has 0 aliphatic heterocycles. The summed E-state index contributed by atoms with van der Waals surface area (Å²) in [4.78, 5) is 0. The lowest BCUT2D eigenvalue weighted by atomic mass is 10.2. The molecule has 20 heavy (non-hydrogen) atoms. The third-order valence-electron chi connectivity index (χ3n) is 2.71. The summed E-state index contributed by atoms with van der Waals surface area (Å²) in [6.45, 7) is 4.72. The van der Waals surface area contributed by atoms with Crippen LogP contribution in [0.2, 0.25) is 0 Å². The van der Waals surface area contributed by atoms with Gasteiger partial charge in [-0.2, -0.15) is 0 Å². The van der Waals surface area contributed by atoms with Crippen molar-refractivity contribution in [3.05, 3.63) is 0 Å². The summed E-state index contributed by atoms with van der Waals surface area (Å²) < 4.78 is 6.94. The van der Waals surface area contributed by atoms with E-state index < -0.39 is 0 Å². The molecule has 2 unspecified atom stereocenters. The number of hydrogen-bond acceptors (Lipinski definition) is 3. The molecular weight excluding hydrogens is 303 g/mol. The number of quaternary nitrogens is 2. The van der Waals surface area contributed by atoms with Crippen LogP contribution in [0.3, 0.4) is 0 Å². The highest BCUT2D eigenvalue weighted by molar-refractivity contribution is 4.55. The Hall–Kier alpha value is 0.380. The maximum atomic E-state index is 10.1. The molecule has 0 radical (unpaired) electrons. The van der Waals surface area contributed by atoms with Gasteiger partial charge in [-0.3, -0.25) is 0 Å². The molecule has 0 rings (SSSR count). The first kappa shape index (κ1) is 25.3. The lowest BCUT2D eigenvalue weighted by Gasteiger charge is -2.35. The summed E-state index contributed by atoms with van der Waals surface area (Å²) in [7, 11) is 10.4. The van der Waals surface area contributed by atoms with Gasteiger partial charge in [-0.25, -0.2) is 0 Å². The molecule has 0 aromatic heterocycles. The Bertz CT molecular complexity index is 236. The molecular formula is C13H32Cl2N2O3. The van der Waals surface area contributed by atoms with Gasteiger partial charge >= 0.3 is 0 Å². The predicted molar refractivity (Wildman–Crippen MR) is 73.2 cm³/mol. The summed E-state index contributed by atoms with van der Waals surface area (Å²) in [5.41, 5.74) is 0. The third-order valence-corrected chi connectivity index (χ3v) is 2.71. The largest absolute Gasteiger partial charge is 1.00 e. The topological polar surface area (TPSA) is 49.7 Å². The Labute approximate surface area is 136 Å². The molecule has 0 aromatic carbocycles. The normalized spacial score (nSPS) is 15.0. The molecule has 2 N–H and O–H groups in total. The van der Waals surface area contributed by atoms with Gasteiger partial charge in [0.1, 0.15) is 25.7 Å². The van der Waals surface area contributed by atoms with Crippen molar-refractivity contribution >= 4 is 0 Å². The van der Waals surface area contributed by atoms with Gasteiger partial charge in [-0.15, -0.1) is 0 Å². The second kappa shape index (κ2) is 11.0. The monoisotopic (exact) mass is 334 g/mol. The molecule has 0 aliphatic carbocycles. The SMILES string of the molecule is CC(C[N+](C)(C)CC(O)C[N+](C)(C)C)OCCO.[Cl-].[Cl-]. The maximum Gasteiger partial charge on any atom is 0.152 e. The van der Waals surface area contributed by atoms with E-state index in [4.69, 9.17) is 9.84 Å². The highest BCUT2D eigenvalue weighted by atomic mass is 35.5. The van der Waals surface area contributed by atoms with Crippen LogP contribution < -0.4 is 24.8 Å². The first-order valence-electron chi connectivity index (χ1n) is 6.59. The van der Waals surface area contributed by atoms with Crippen LogP contribution in [0.5, 0.6) is 0 Å². The number of aliphatic hydroxyl groups excluding tert-OH is 2. The molecule has 2 atom stereocenters. The van der Waals surface area contributed by atoms with E-state index in [1.54, 1.807) is 0 Å². The van der Waals surface area contributed by atoms with E-state index in [2.05, 4.69) is 35.2 Å². The zero-order chi connectivity index (χ0) is 14.4. The average Bonchev–Trinajstić information content (AvgIpc) is 2.09. The number of likely N-dealkylation sites (N-methyl/N-ethyl adjacent to an activating group) is 2. The van der Waals surface area contributed by atoms with Crippen molar-refractivity contribution in [2.24, 2.45) is 0 Å². The minimum Gasteiger partial charge on any atom is -1.00 e. The Kier molecular flexibility index (Phi) is 14.0. The van der Waals surface area contributed by atoms with Crippen molar-refractivity contribution in [3.8, 4) is 0 Å². The number of nitrogens with zero attached hydrogens (tertiary/aromatic N) is 2. The molecule has 0 saturated heterocycles. The van der Waals surface area contributed by atoms with Gasteiger partial charge in [0.05, 0.1) is 48.5 Å². The lowest BCUT2D eigenvalue weighted by Crippen LogP contribution is -3.00. The molecule has 5 nitrogen and oxygen atoms in total. The summed E-state index contributed by atoms with van der Waals surface area (Å²) in [5.74, 6) is 0. The second-order valence-electron chi connectivity index (χ2n) is 6.83. The quantitative estimate of drug-likeness (QED) is 0.412. The minimum atomic E-state index is -0.315. The summed E-state index contributed by atoms with van der Waals surface area (Å²) in [6, 6.07) is 0. The predicted octanol–water partition coefficient (Wildman–Crippen LogP) is -6.46. The van der Waals surface area contributed by atoms with Crippen LogP contribution in [-0.2, 0) is 4.74 Å². The molecule has 0 fully saturated rings. The Morgan fingerprint density at radius 2 is 1.45 bits per heavy atom. The van der Waals surface area contributed by atoms with Gasteiger partial charge < -0.3 is 48.7 Å². The average molecular weight is 335 g/mol. The Morgan fingerprint density at radius 1 is 0.950 bits per heavy atom. The van der Waals surface area contributed by atoms with Gasteiger partial charge in [0.25, 0.3) is 0 Å². The van der Waals surface area contributed by atoms with E-state index in [1.165, 1.54) is 0 Å². The van der Waals surface area contributed by atoms with Crippen molar-refractivity contribution in [3.63, 3.8) is 0 Å². The maximum absolute atomic E-state index is 10.1. The molecule has 0 aliphatic rings. The molecule has 0 spiro atoms. The van der Waals surface area contributed by atoms with Gasteiger partial charge in [0, 0.05) is 0 Å². The molecule has 0 heterocycles. The number of ether oxygens (including phenoxy) is 1. The fourth-order valence-electron chi connectivity index (χ4n) is 2.34. The summed E-state index contributed by atoms with van der Waals surface area (Å²) in [6.07, 6.45) is -0.228. The molecule has 126 valence electrons. The van der Waals surface area contributed by atoms with Crippen molar-refractivity contribution < 1.29 is 48.7 Å². The van der Waals surface area contributed by atoms with E-state index in [9.17, 15) is 5.11 Å².